The number of aliphatic imine (C=N–C) groups is 1. The normalized spacial score (nSPS) is 19.5. The van der Waals surface area contributed by atoms with Gasteiger partial charge in [-0.2, -0.15) is 0 Å². The molecule has 1 unspecified atom stereocenters. The van der Waals surface area contributed by atoms with Gasteiger partial charge in [-0.15, -0.1) is 0 Å². The Morgan fingerprint density at radius 3 is 2.59 bits per heavy atom. The maximum absolute atomic E-state index is 11.3. The minimum absolute atomic E-state index is 0.0660. The van der Waals surface area contributed by atoms with Gasteiger partial charge >= 0.3 is 0 Å². The molecule has 0 saturated carbocycles. The summed E-state index contributed by atoms with van der Waals surface area (Å²) in [6.45, 7) is 0. The largest absolute Gasteiger partial charge is 0.493 e. The fourth-order valence-corrected chi connectivity index (χ4v) is 2.87. The molecule has 0 aliphatic carbocycles. The van der Waals surface area contributed by atoms with Crippen molar-refractivity contribution in [3.63, 3.8) is 0 Å². The van der Waals surface area contributed by atoms with Crippen molar-refractivity contribution in [2.24, 2.45) is 10.7 Å². The van der Waals surface area contributed by atoms with E-state index in [0.717, 1.165) is 0 Å². The molecule has 0 saturated heterocycles. The molecule has 1 atom stereocenters. The first kappa shape index (κ1) is 14.7. The highest BCUT2D eigenvalue weighted by Gasteiger charge is 2.45. The molecule has 0 aromatic heterocycles. The molecule has 5 nitrogen and oxygen atoms in total. The van der Waals surface area contributed by atoms with Crippen LogP contribution in [0.15, 0.2) is 41.4 Å². The van der Waals surface area contributed by atoms with Crippen LogP contribution in [0.2, 0.25) is 5.02 Å². The lowest BCUT2D eigenvalue weighted by atomic mass is 9.85. The summed E-state index contributed by atoms with van der Waals surface area (Å²) in [5.74, 6) is 0.964. The number of benzene rings is 2. The summed E-state index contributed by atoms with van der Waals surface area (Å²) < 4.78 is 10.7. The van der Waals surface area contributed by atoms with Crippen LogP contribution >= 0.6 is 11.6 Å². The number of aliphatic hydroxyl groups is 1. The molecular formula is C16H15ClN2O3. The number of hydrogen-bond acceptors (Lipinski definition) is 5. The SMILES string of the molecule is COc1cccc(C2(O)C(N)=Nc3ccc(Cl)cc32)c1OC. The molecule has 0 spiro atoms. The van der Waals surface area contributed by atoms with Gasteiger partial charge in [-0.1, -0.05) is 23.7 Å². The van der Waals surface area contributed by atoms with Gasteiger partial charge in [-0.25, -0.2) is 4.99 Å². The Hall–Kier alpha value is -2.24. The predicted molar refractivity (Wildman–Crippen MR) is 85.3 cm³/mol. The molecule has 1 aliphatic heterocycles. The fraction of sp³-hybridized carbons (Fsp3) is 0.188. The second-order valence-electron chi connectivity index (χ2n) is 4.91. The number of ether oxygens (including phenoxy) is 2. The molecule has 0 amide bonds. The summed E-state index contributed by atoms with van der Waals surface area (Å²) in [5.41, 5.74) is 5.96. The summed E-state index contributed by atoms with van der Waals surface area (Å²) in [6, 6.07) is 10.3. The Bertz CT molecular complexity index is 776. The minimum atomic E-state index is -1.61. The number of fused-ring (bicyclic) bond motifs is 1. The molecule has 0 bridgehead atoms. The van der Waals surface area contributed by atoms with Crippen molar-refractivity contribution in [3.8, 4) is 11.5 Å². The van der Waals surface area contributed by atoms with E-state index in [-0.39, 0.29) is 5.84 Å². The van der Waals surface area contributed by atoms with Crippen molar-refractivity contribution in [3.05, 3.63) is 52.5 Å². The smallest absolute Gasteiger partial charge is 0.178 e. The zero-order valence-corrected chi connectivity index (χ0v) is 12.9. The number of methoxy groups -OCH3 is 2. The van der Waals surface area contributed by atoms with E-state index < -0.39 is 5.60 Å². The number of nitrogens with zero attached hydrogens (tertiary/aromatic N) is 1. The summed E-state index contributed by atoms with van der Waals surface area (Å²) in [4.78, 5) is 4.24. The molecule has 1 aliphatic rings. The number of rotatable bonds is 3. The fourth-order valence-electron chi connectivity index (χ4n) is 2.70. The van der Waals surface area contributed by atoms with Crippen LogP contribution in [-0.2, 0) is 5.60 Å². The molecule has 0 fully saturated rings. The first-order valence-electron chi connectivity index (χ1n) is 6.61. The Morgan fingerprint density at radius 2 is 1.91 bits per heavy atom. The van der Waals surface area contributed by atoms with E-state index in [4.69, 9.17) is 26.8 Å². The summed E-state index contributed by atoms with van der Waals surface area (Å²) in [7, 11) is 3.04. The molecular weight excluding hydrogens is 304 g/mol. The van der Waals surface area contributed by atoms with Crippen LogP contribution in [0.5, 0.6) is 11.5 Å². The van der Waals surface area contributed by atoms with Gasteiger partial charge in [0.1, 0.15) is 5.84 Å². The third-order valence-corrected chi connectivity index (χ3v) is 3.99. The van der Waals surface area contributed by atoms with Crippen molar-refractivity contribution in [2.45, 2.75) is 5.60 Å². The third-order valence-electron chi connectivity index (χ3n) is 3.75. The van der Waals surface area contributed by atoms with E-state index in [1.807, 2.05) is 0 Å². The van der Waals surface area contributed by atoms with Crippen molar-refractivity contribution in [1.29, 1.82) is 0 Å². The number of para-hydroxylation sites is 1. The molecule has 22 heavy (non-hydrogen) atoms. The van der Waals surface area contributed by atoms with Crippen molar-refractivity contribution in [1.82, 2.24) is 0 Å². The van der Waals surface area contributed by atoms with E-state index in [2.05, 4.69) is 4.99 Å². The highest BCUT2D eigenvalue weighted by Crippen LogP contribution is 2.47. The topological polar surface area (TPSA) is 77.1 Å². The number of amidine groups is 1. The predicted octanol–water partition coefficient (Wildman–Crippen LogP) is 2.60. The van der Waals surface area contributed by atoms with Crippen LogP contribution in [0.3, 0.4) is 0 Å². The van der Waals surface area contributed by atoms with Gasteiger partial charge < -0.3 is 20.3 Å². The summed E-state index contributed by atoms with van der Waals surface area (Å²) in [6.07, 6.45) is 0. The third kappa shape index (κ3) is 1.94. The van der Waals surface area contributed by atoms with Crippen molar-refractivity contribution in [2.75, 3.05) is 14.2 Å². The lowest BCUT2D eigenvalue weighted by Gasteiger charge is -2.27. The average molecular weight is 319 g/mol. The molecule has 1 heterocycles. The van der Waals surface area contributed by atoms with E-state index in [0.29, 0.717) is 33.3 Å². The summed E-state index contributed by atoms with van der Waals surface area (Å²) in [5, 5.41) is 11.8. The Morgan fingerprint density at radius 1 is 1.14 bits per heavy atom. The highest BCUT2D eigenvalue weighted by atomic mass is 35.5. The second-order valence-corrected chi connectivity index (χ2v) is 5.35. The Balaban J connectivity index is 2.29. The van der Waals surface area contributed by atoms with E-state index in [9.17, 15) is 5.11 Å². The van der Waals surface area contributed by atoms with Crippen molar-refractivity contribution >= 4 is 23.1 Å². The first-order valence-corrected chi connectivity index (χ1v) is 6.98. The standard InChI is InChI=1S/C16H15ClN2O3/c1-21-13-5-3-4-10(14(13)22-2)16(20)11-8-9(17)6-7-12(11)19-15(16)18/h3-8,20H,1-2H3,(H2,18,19). The quantitative estimate of drug-likeness (QED) is 0.912. The lowest BCUT2D eigenvalue weighted by Crippen LogP contribution is -2.39. The number of hydrogen-bond donors (Lipinski definition) is 2. The zero-order valence-electron chi connectivity index (χ0n) is 12.1. The molecule has 6 heteroatoms. The number of nitrogens with two attached hydrogens (primary N) is 1. The van der Waals surface area contributed by atoms with Gasteiger partial charge in [-0.3, -0.25) is 0 Å². The Kier molecular flexibility index (Phi) is 3.47. The minimum Gasteiger partial charge on any atom is -0.493 e. The van der Waals surface area contributed by atoms with Crippen LogP contribution in [-0.4, -0.2) is 25.2 Å². The number of halogens is 1. The molecule has 3 N–H and O–H groups in total. The van der Waals surface area contributed by atoms with Gasteiger partial charge in [0.25, 0.3) is 0 Å². The molecule has 3 rings (SSSR count). The molecule has 114 valence electrons. The second kappa shape index (κ2) is 5.19. The van der Waals surface area contributed by atoms with Gasteiger partial charge in [0.15, 0.2) is 17.1 Å². The molecule has 0 radical (unpaired) electrons. The maximum Gasteiger partial charge on any atom is 0.178 e. The van der Waals surface area contributed by atoms with Crippen molar-refractivity contribution < 1.29 is 14.6 Å². The van der Waals surface area contributed by atoms with Crippen LogP contribution in [0.25, 0.3) is 0 Å². The summed E-state index contributed by atoms with van der Waals surface area (Å²) >= 11 is 6.06. The van der Waals surface area contributed by atoms with Crippen LogP contribution in [0.1, 0.15) is 11.1 Å². The zero-order chi connectivity index (χ0) is 15.9. The van der Waals surface area contributed by atoms with Crippen LogP contribution < -0.4 is 15.2 Å². The Labute approximate surface area is 133 Å². The maximum atomic E-state index is 11.3. The van der Waals surface area contributed by atoms with Gasteiger partial charge in [0.2, 0.25) is 0 Å². The molecule has 2 aromatic rings. The van der Waals surface area contributed by atoms with Crippen LogP contribution in [0, 0.1) is 0 Å². The van der Waals surface area contributed by atoms with Gasteiger partial charge in [-0.05, 0) is 24.3 Å². The van der Waals surface area contributed by atoms with Crippen LogP contribution in [0.4, 0.5) is 5.69 Å². The lowest BCUT2D eigenvalue weighted by molar-refractivity contribution is 0.153. The monoisotopic (exact) mass is 318 g/mol. The van der Waals surface area contributed by atoms with E-state index in [1.54, 1.807) is 36.4 Å². The van der Waals surface area contributed by atoms with E-state index >= 15 is 0 Å². The average Bonchev–Trinajstić information content (AvgIpc) is 2.78. The van der Waals surface area contributed by atoms with Gasteiger partial charge in [0.05, 0.1) is 19.9 Å². The van der Waals surface area contributed by atoms with Gasteiger partial charge in [0, 0.05) is 16.1 Å². The molecule has 2 aromatic carbocycles. The first-order chi connectivity index (χ1) is 10.5. The van der Waals surface area contributed by atoms with E-state index in [1.165, 1.54) is 14.2 Å². The highest BCUT2D eigenvalue weighted by molar-refractivity contribution is 6.30.